The summed E-state index contributed by atoms with van der Waals surface area (Å²) in [4.78, 5) is 13.3. The van der Waals surface area contributed by atoms with Crippen LogP contribution in [0.5, 0.6) is 11.8 Å². The smallest absolute Gasteiger partial charge is 0.319 e. The Bertz CT molecular complexity index is 1710. The Kier molecular flexibility index (Phi) is 7.48. The average Bonchev–Trinajstić information content (AvgIpc) is 3.75. The number of rotatable bonds is 7. The summed E-state index contributed by atoms with van der Waals surface area (Å²) in [5, 5.41) is 3.60. The van der Waals surface area contributed by atoms with Crippen LogP contribution in [0, 0.1) is 11.6 Å². The summed E-state index contributed by atoms with van der Waals surface area (Å²) in [5.41, 5.74) is -1.26. The van der Waals surface area contributed by atoms with Gasteiger partial charge in [-0.15, -0.1) is 0 Å². The Morgan fingerprint density at radius 2 is 2.00 bits per heavy atom. The van der Waals surface area contributed by atoms with Crippen LogP contribution in [-0.2, 0) is 0 Å². The lowest BCUT2D eigenvalue weighted by atomic mass is 9.92. The molecule has 8 rings (SSSR count). The van der Waals surface area contributed by atoms with Crippen LogP contribution in [0.2, 0.25) is 5.02 Å². The van der Waals surface area contributed by atoms with Gasteiger partial charge in [0.15, 0.2) is 17.4 Å². The van der Waals surface area contributed by atoms with E-state index in [4.69, 9.17) is 26.1 Å². The van der Waals surface area contributed by atoms with Gasteiger partial charge in [0.2, 0.25) is 0 Å². The molecule has 4 atom stereocenters. The van der Waals surface area contributed by atoms with Crippen LogP contribution >= 0.6 is 11.6 Å². The van der Waals surface area contributed by atoms with E-state index in [1.807, 2.05) is 4.90 Å². The van der Waals surface area contributed by atoms with Crippen LogP contribution < -0.4 is 19.7 Å². The maximum Gasteiger partial charge on any atom is 0.319 e. The van der Waals surface area contributed by atoms with Gasteiger partial charge < -0.3 is 19.7 Å². The van der Waals surface area contributed by atoms with Crippen molar-refractivity contribution in [3.63, 3.8) is 0 Å². The number of benzene rings is 2. The predicted octanol–water partition coefficient (Wildman–Crippen LogP) is 6.95. The molecule has 5 heterocycles. The molecular weight excluding hydrogens is 629 g/mol. The van der Waals surface area contributed by atoms with E-state index in [0.717, 1.165) is 44.7 Å². The number of hydrogen-bond acceptors (Lipinski definition) is 7. The van der Waals surface area contributed by atoms with Gasteiger partial charge >= 0.3 is 6.01 Å². The van der Waals surface area contributed by atoms with E-state index in [9.17, 15) is 13.2 Å². The fourth-order valence-corrected chi connectivity index (χ4v) is 8.39. The second kappa shape index (κ2) is 11.3. The minimum atomic E-state index is -2.90. The molecule has 1 aromatic heterocycles. The number of piperazine rings is 1. The zero-order valence-electron chi connectivity index (χ0n) is 25.4. The molecule has 0 bridgehead atoms. The maximum atomic E-state index is 17.0. The first-order valence-electron chi connectivity index (χ1n) is 16.2. The monoisotopic (exact) mass is 663 g/mol. The van der Waals surface area contributed by atoms with Crippen molar-refractivity contribution in [2.45, 2.75) is 81.6 Å². The quantitative estimate of drug-likeness (QED) is 0.275. The number of ether oxygens (including phenoxy) is 2. The second-order valence-corrected chi connectivity index (χ2v) is 13.8. The zero-order chi connectivity index (χ0) is 31.9. The minimum absolute atomic E-state index is 0.0280. The van der Waals surface area contributed by atoms with Crippen LogP contribution in [-0.4, -0.2) is 78.1 Å². The largest absolute Gasteiger partial charge is 0.487 e. The number of hydrogen-bond donors (Lipinski definition) is 1. The van der Waals surface area contributed by atoms with Gasteiger partial charge in [-0.1, -0.05) is 18.5 Å². The van der Waals surface area contributed by atoms with Crippen molar-refractivity contribution < 1.29 is 31.4 Å². The first-order chi connectivity index (χ1) is 22.2. The molecule has 13 heteroatoms. The van der Waals surface area contributed by atoms with Gasteiger partial charge in [-0.2, -0.15) is 9.97 Å². The highest BCUT2D eigenvalue weighted by Gasteiger charge is 2.49. The molecule has 4 aliphatic heterocycles. The molecule has 7 nitrogen and oxygen atoms in total. The minimum Gasteiger partial charge on any atom is -0.487 e. The molecular formula is C33H35ClF5N5O2. The summed E-state index contributed by atoms with van der Waals surface area (Å²) >= 11 is 6.52. The number of aromatic nitrogens is 2. The molecule has 3 aromatic rings. The lowest BCUT2D eigenvalue weighted by molar-refractivity contribution is 0.107. The maximum absolute atomic E-state index is 17.0. The molecule has 1 N–H and O–H groups in total. The van der Waals surface area contributed by atoms with Gasteiger partial charge in [-0.05, 0) is 67.8 Å². The number of nitrogens with one attached hydrogen (secondary N) is 1. The number of alkyl halides is 3. The summed E-state index contributed by atoms with van der Waals surface area (Å²) in [6, 6.07) is 2.04. The highest BCUT2D eigenvalue weighted by atomic mass is 35.5. The summed E-state index contributed by atoms with van der Waals surface area (Å²) in [5.74, 6) is -2.07. The van der Waals surface area contributed by atoms with E-state index in [2.05, 4.69) is 22.1 Å². The SMILES string of the molecule is CC[C@@H]1CN2c3nc(OC[C@@]45CCCN4C[C@H](F)C5)nc4c(F)c(-c5cc(C(F)F)cc(Cl)c5C5CC5)c(F)c(c34)OC[C@@H]2CN1. The van der Waals surface area contributed by atoms with Crippen LogP contribution in [0.4, 0.5) is 27.8 Å². The molecule has 1 aliphatic carbocycles. The van der Waals surface area contributed by atoms with Crippen molar-refractivity contribution in [1.29, 1.82) is 0 Å². The van der Waals surface area contributed by atoms with Crippen LogP contribution in [0.15, 0.2) is 12.1 Å². The number of halogens is 6. The van der Waals surface area contributed by atoms with Crippen molar-refractivity contribution in [2.75, 3.05) is 44.3 Å². The fraction of sp³-hybridized carbons (Fsp3) is 0.576. The van der Waals surface area contributed by atoms with Gasteiger partial charge in [-0.25, -0.2) is 22.0 Å². The lowest BCUT2D eigenvalue weighted by Gasteiger charge is -2.39. The fourth-order valence-electron chi connectivity index (χ4n) is 8.01. The zero-order valence-corrected chi connectivity index (χ0v) is 26.2. The van der Waals surface area contributed by atoms with Crippen molar-refractivity contribution >= 4 is 28.3 Å². The highest BCUT2D eigenvalue weighted by molar-refractivity contribution is 6.32. The van der Waals surface area contributed by atoms with Crippen molar-refractivity contribution in [3.05, 3.63) is 39.9 Å². The average molecular weight is 664 g/mol. The highest BCUT2D eigenvalue weighted by Crippen LogP contribution is 2.52. The van der Waals surface area contributed by atoms with E-state index in [1.54, 1.807) is 0 Å². The first kappa shape index (κ1) is 30.4. The Morgan fingerprint density at radius 3 is 2.76 bits per heavy atom. The van der Waals surface area contributed by atoms with E-state index in [1.165, 1.54) is 6.07 Å². The molecule has 0 unspecified atom stereocenters. The van der Waals surface area contributed by atoms with Crippen LogP contribution in [0.25, 0.3) is 22.0 Å². The third-order valence-electron chi connectivity index (χ3n) is 10.5. The molecule has 0 amide bonds. The van der Waals surface area contributed by atoms with E-state index < -0.39 is 40.9 Å². The number of anilines is 1. The Balaban J connectivity index is 1.32. The van der Waals surface area contributed by atoms with Crippen LogP contribution in [0.1, 0.15) is 68.9 Å². The van der Waals surface area contributed by atoms with Gasteiger partial charge in [0.05, 0.1) is 22.5 Å². The lowest BCUT2D eigenvalue weighted by Crippen LogP contribution is -2.58. The molecule has 1 saturated carbocycles. The van der Waals surface area contributed by atoms with Crippen molar-refractivity contribution in [3.8, 4) is 22.9 Å². The number of nitrogens with zero attached hydrogens (tertiary/aromatic N) is 4. The predicted molar refractivity (Wildman–Crippen MR) is 164 cm³/mol. The summed E-state index contributed by atoms with van der Waals surface area (Å²) in [6.45, 7) is 4.41. The molecule has 0 spiro atoms. The molecule has 4 fully saturated rings. The second-order valence-electron chi connectivity index (χ2n) is 13.4. The third kappa shape index (κ3) is 4.89. The van der Waals surface area contributed by atoms with Crippen molar-refractivity contribution in [1.82, 2.24) is 20.2 Å². The molecule has 3 saturated heterocycles. The van der Waals surface area contributed by atoms with Gasteiger partial charge in [0.25, 0.3) is 6.43 Å². The summed E-state index contributed by atoms with van der Waals surface area (Å²) in [6.07, 6.45) is 0.436. The Hall–Kier alpha value is -2.96. The van der Waals surface area contributed by atoms with E-state index >= 15 is 8.78 Å². The van der Waals surface area contributed by atoms with E-state index in [0.29, 0.717) is 37.4 Å². The van der Waals surface area contributed by atoms with Gasteiger partial charge in [-0.3, -0.25) is 4.90 Å². The Morgan fingerprint density at radius 1 is 1.17 bits per heavy atom. The normalized spacial score (nSPS) is 27.6. The Labute approximate surface area is 268 Å². The third-order valence-corrected chi connectivity index (χ3v) is 10.8. The molecule has 2 aromatic carbocycles. The van der Waals surface area contributed by atoms with Gasteiger partial charge in [0.1, 0.15) is 30.7 Å². The molecule has 0 radical (unpaired) electrons. The summed E-state index contributed by atoms with van der Waals surface area (Å²) in [7, 11) is 0. The van der Waals surface area contributed by atoms with Crippen molar-refractivity contribution in [2.24, 2.45) is 0 Å². The van der Waals surface area contributed by atoms with E-state index in [-0.39, 0.29) is 64.5 Å². The molecule has 246 valence electrons. The van der Waals surface area contributed by atoms with Gasteiger partial charge in [0, 0.05) is 42.7 Å². The number of fused-ring (bicyclic) bond motifs is 3. The topological polar surface area (TPSA) is 62.8 Å². The first-order valence-corrected chi connectivity index (χ1v) is 16.5. The summed E-state index contributed by atoms with van der Waals surface area (Å²) < 4.78 is 88.5. The molecule has 5 aliphatic rings. The standard InChI is InChI=1S/C33H35ClF5N5O2/c1-2-19-13-44-20(11-40-19)14-45-29-25-28(41-32(42-31(25)44)46-15-33-6-3-7-43(33)12-18(35)10-33)26(36)24(27(29)37)21-8-17(30(38)39)9-22(34)23(21)16-4-5-16/h8-9,16,18-20,30,40H,2-7,10-15H2,1H3/t18-,19-,20+,33+/m1/s1. The van der Waals surface area contributed by atoms with Crippen LogP contribution in [0.3, 0.4) is 0 Å². The molecule has 46 heavy (non-hydrogen) atoms.